The predicted molar refractivity (Wildman–Crippen MR) is 112 cm³/mol. The summed E-state index contributed by atoms with van der Waals surface area (Å²) in [6.07, 6.45) is 0.927. The fourth-order valence-corrected chi connectivity index (χ4v) is 4.27. The van der Waals surface area contributed by atoms with Crippen LogP contribution in [0, 0.1) is 6.92 Å². The zero-order valence-corrected chi connectivity index (χ0v) is 16.3. The van der Waals surface area contributed by atoms with E-state index < -0.39 is 0 Å². The third-order valence-electron chi connectivity index (χ3n) is 5.67. The summed E-state index contributed by atoms with van der Waals surface area (Å²) in [5.74, 6) is 0.112. The number of hydrogen-bond acceptors (Lipinski definition) is 1. The summed E-state index contributed by atoms with van der Waals surface area (Å²) >= 11 is 0. The van der Waals surface area contributed by atoms with Crippen molar-refractivity contribution in [3.63, 3.8) is 0 Å². The van der Waals surface area contributed by atoms with Crippen molar-refractivity contribution in [1.29, 1.82) is 0 Å². The number of aryl methyl sites for hydroxylation is 1. The van der Waals surface area contributed by atoms with Gasteiger partial charge < -0.3 is 4.90 Å². The molecule has 0 saturated heterocycles. The maximum atomic E-state index is 13.1. The number of fused-ring (bicyclic) bond motifs is 3. The molecule has 2 nitrogen and oxygen atoms in total. The molecule has 0 atom stereocenters. The lowest BCUT2D eigenvalue weighted by atomic mass is 9.90. The first kappa shape index (κ1) is 17.5. The fourth-order valence-electron chi connectivity index (χ4n) is 4.27. The maximum absolute atomic E-state index is 13.1. The lowest BCUT2D eigenvalue weighted by molar-refractivity contribution is 0.0774. The van der Waals surface area contributed by atoms with E-state index in [4.69, 9.17) is 0 Å². The first-order valence-electron chi connectivity index (χ1n) is 9.75. The monoisotopic (exact) mass is 355 g/mol. The molecule has 0 aromatic heterocycles. The first-order valence-corrected chi connectivity index (χ1v) is 9.75. The van der Waals surface area contributed by atoms with Crippen molar-refractivity contribution < 1.29 is 4.79 Å². The van der Waals surface area contributed by atoms with E-state index in [0.29, 0.717) is 0 Å². The molecule has 0 heterocycles. The second kappa shape index (κ2) is 7.03. The van der Waals surface area contributed by atoms with E-state index in [2.05, 4.69) is 49.4 Å². The Morgan fingerprint density at radius 1 is 0.852 bits per heavy atom. The number of amides is 1. The van der Waals surface area contributed by atoms with Gasteiger partial charge in [-0.3, -0.25) is 4.79 Å². The minimum atomic E-state index is 0.112. The van der Waals surface area contributed by atoms with Gasteiger partial charge >= 0.3 is 0 Å². The molecule has 3 aromatic rings. The highest BCUT2D eigenvalue weighted by atomic mass is 16.2. The number of nitrogens with zero attached hydrogens (tertiary/aromatic N) is 1. The molecular formula is C25H25NO. The van der Waals surface area contributed by atoms with Gasteiger partial charge in [0.05, 0.1) is 0 Å². The van der Waals surface area contributed by atoms with Crippen LogP contribution >= 0.6 is 0 Å². The van der Waals surface area contributed by atoms with Crippen molar-refractivity contribution in [1.82, 2.24) is 4.90 Å². The number of carbonyl (C=O) groups is 1. The largest absolute Gasteiger partial charge is 0.339 e. The van der Waals surface area contributed by atoms with Crippen LogP contribution in [0.1, 0.15) is 40.9 Å². The molecule has 0 bridgehead atoms. The van der Waals surface area contributed by atoms with E-state index in [-0.39, 0.29) is 5.91 Å². The molecule has 0 aliphatic heterocycles. The number of rotatable bonds is 4. The molecule has 0 unspecified atom stereocenters. The second-order valence-corrected chi connectivity index (χ2v) is 7.14. The quantitative estimate of drug-likeness (QED) is 0.459. The van der Waals surface area contributed by atoms with Crippen LogP contribution in [0.25, 0.3) is 22.3 Å². The summed E-state index contributed by atoms with van der Waals surface area (Å²) in [5.41, 5.74) is 9.70. The lowest BCUT2D eigenvalue weighted by Crippen LogP contribution is -2.30. The van der Waals surface area contributed by atoms with E-state index in [9.17, 15) is 4.79 Å². The van der Waals surface area contributed by atoms with Crippen LogP contribution in [0.4, 0.5) is 0 Å². The minimum absolute atomic E-state index is 0.112. The SMILES string of the molecule is CCN(CC)C(=O)c1ccccc1-c1ccc(C)c2c1Cc1ccccc1-2. The van der Waals surface area contributed by atoms with Crippen LogP contribution in [-0.2, 0) is 6.42 Å². The van der Waals surface area contributed by atoms with E-state index in [1.165, 1.54) is 33.4 Å². The van der Waals surface area contributed by atoms with Gasteiger partial charge in [-0.2, -0.15) is 0 Å². The Morgan fingerprint density at radius 2 is 1.52 bits per heavy atom. The molecule has 0 fully saturated rings. The average Bonchev–Trinajstić information content (AvgIpc) is 3.09. The van der Waals surface area contributed by atoms with Gasteiger partial charge in [-0.15, -0.1) is 0 Å². The topological polar surface area (TPSA) is 20.3 Å². The van der Waals surface area contributed by atoms with Gasteiger partial charge in [0.2, 0.25) is 0 Å². The number of carbonyl (C=O) groups excluding carboxylic acids is 1. The summed E-state index contributed by atoms with van der Waals surface area (Å²) in [6, 6.07) is 21.1. The van der Waals surface area contributed by atoms with Crippen molar-refractivity contribution in [2.45, 2.75) is 27.2 Å². The summed E-state index contributed by atoms with van der Waals surface area (Å²) < 4.78 is 0. The highest BCUT2D eigenvalue weighted by Crippen LogP contribution is 2.44. The van der Waals surface area contributed by atoms with Gasteiger partial charge in [-0.25, -0.2) is 0 Å². The first-order chi connectivity index (χ1) is 13.2. The molecule has 4 rings (SSSR count). The summed E-state index contributed by atoms with van der Waals surface area (Å²) in [4.78, 5) is 15.0. The minimum Gasteiger partial charge on any atom is -0.339 e. The Morgan fingerprint density at radius 3 is 2.26 bits per heavy atom. The Labute approximate surface area is 161 Å². The van der Waals surface area contributed by atoms with Crippen molar-refractivity contribution in [3.05, 3.63) is 82.9 Å². The van der Waals surface area contributed by atoms with Gasteiger partial charge in [0.15, 0.2) is 0 Å². The summed E-state index contributed by atoms with van der Waals surface area (Å²) in [5, 5.41) is 0. The third kappa shape index (κ3) is 2.86. The second-order valence-electron chi connectivity index (χ2n) is 7.14. The lowest BCUT2D eigenvalue weighted by Gasteiger charge is -2.21. The highest BCUT2D eigenvalue weighted by Gasteiger charge is 2.25. The molecule has 1 aliphatic rings. The zero-order chi connectivity index (χ0) is 19.0. The smallest absolute Gasteiger partial charge is 0.254 e. The zero-order valence-electron chi connectivity index (χ0n) is 16.3. The number of benzene rings is 3. The Kier molecular flexibility index (Phi) is 4.57. The van der Waals surface area contributed by atoms with Crippen molar-refractivity contribution in [2.24, 2.45) is 0 Å². The standard InChI is InChI=1S/C25H25NO/c1-4-26(5-2)25(27)22-13-9-8-12-20(22)21-15-14-17(3)24-19-11-7-6-10-18(19)16-23(21)24/h6-15H,4-5,16H2,1-3H3. The molecule has 2 heteroatoms. The molecule has 3 aromatic carbocycles. The van der Waals surface area contributed by atoms with Crippen molar-refractivity contribution in [3.8, 4) is 22.3 Å². The van der Waals surface area contributed by atoms with Crippen LogP contribution in [0.3, 0.4) is 0 Å². The third-order valence-corrected chi connectivity index (χ3v) is 5.67. The predicted octanol–water partition coefficient (Wildman–Crippen LogP) is 5.72. The van der Waals surface area contributed by atoms with E-state index in [1.807, 2.05) is 36.9 Å². The molecular weight excluding hydrogens is 330 g/mol. The van der Waals surface area contributed by atoms with Crippen LogP contribution in [0.2, 0.25) is 0 Å². The molecule has 1 amide bonds. The molecule has 27 heavy (non-hydrogen) atoms. The van der Waals surface area contributed by atoms with E-state index in [0.717, 1.165) is 30.6 Å². The van der Waals surface area contributed by atoms with Gasteiger partial charge in [-0.1, -0.05) is 54.6 Å². The molecule has 0 spiro atoms. The van der Waals surface area contributed by atoms with Gasteiger partial charge in [0.25, 0.3) is 5.91 Å². The number of hydrogen-bond donors (Lipinski definition) is 0. The molecule has 1 aliphatic carbocycles. The Bertz CT molecular complexity index is 1010. The van der Waals surface area contributed by atoms with Crippen LogP contribution < -0.4 is 0 Å². The fraction of sp³-hybridized carbons (Fsp3) is 0.240. The van der Waals surface area contributed by atoms with Crippen molar-refractivity contribution >= 4 is 5.91 Å². The molecule has 0 radical (unpaired) electrons. The van der Waals surface area contributed by atoms with Gasteiger partial charge in [0.1, 0.15) is 0 Å². The molecule has 0 N–H and O–H groups in total. The summed E-state index contributed by atoms with van der Waals surface area (Å²) in [6.45, 7) is 7.69. The van der Waals surface area contributed by atoms with Gasteiger partial charge in [-0.05, 0) is 72.2 Å². The van der Waals surface area contributed by atoms with Crippen molar-refractivity contribution in [2.75, 3.05) is 13.1 Å². The van der Waals surface area contributed by atoms with Crippen LogP contribution in [0.5, 0.6) is 0 Å². The van der Waals surface area contributed by atoms with E-state index in [1.54, 1.807) is 0 Å². The normalized spacial score (nSPS) is 11.8. The molecule has 136 valence electrons. The summed E-state index contributed by atoms with van der Waals surface area (Å²) in [7, 11) is 0. The Hall–Kier alpha value is -2.87. The van der Waals surface area contributed by atoms with E-state index >= 15 is 0 Å². The van der Waals surface area contributed by atoms with Crippen LogP contribution in [-0.4, -0.2) is 23.9 Å². The van der Waals surface area contributed by atoms with Gasteiger partial charge in [0, 0.05) is 18.7 Å². The highest BCUT2D eigenvalue weighted by molar-refractivity contribution is 6.02. The maximum Gasteiger partial charge on any atom is 0.254 e. The Balaban J connectivity index is 1.90. The molecule has 0 saturated carbocycles. The van der Waals surface area contributed by atoms with Crippen LogP contribution in [0.15, 0.2) is 60.7 Å². The average molecular weight is 355 g/mol.